The first-order valence-corrected chi connectivity index (χ1v) is 7.81. The predicted octanol–water partition coefficient (Wildman–Crippen LogP) is 2.00. The summed E-state index contributed by atoms with van der Waals surface area (Å²) in [6.07, 6.45) is 2.96. The number of benzene rings is 1. The van der Waals surface area contributed by atoms with Crippen LogP contribution in [-0.2, 0) is 23.6 Å². The quantitative estimate of drug-likeness (QED) is 0.853. The lowest BCUT2D eigenvalue weighted by atomic mass is 10.2. The first kappa shape index (κ1) is 14.2. The predicted molar refractivity (Wildman–Crippen MR) is 76.0 cm³/mol. The summed E-state index contributed by atoms with van der Waals surface area (Å²) < 4.78 is 28.4. The lowest BCUT2D eigenvalue weighted by molar-refractivity contribution is 0.464. The maximum absolute atomic E-state index is 12.3. The van der Waals surface area contributed by atoms with Gasteiger partial charge >= 0.3 is 0 Å². The number of sulfonamides is 1. The normalized spacial score (nSPS) is 12.0. The van der Waals surface area contributed by atoms with E-state index in [0.717, 1.165) is 10.0 Å². The van der Waals surface area contributed by atoms with E-state index in [1.807, 2.05) is 24.3 Å². The average molecular weight is 344 g/mol. The highest BCUT2D eigenvalue weighted by Crippen LogP contribution is 2.17. The van der Waals surface area contributed by atoms with Gasteiger partial charge in [0, 0.05) is 31.3 Å². The van der Waals surface area contributed by atoms with Crippen molar-refractivity contribution in [1.29, 1.82) is 0 Å². The van der Waals surface area contributed by atoms with E-state index in [1.165, 1.54) is 16.8 Å². The Balaban J connectivity index is 2.22. The molecule has 1 aromatic carbocycles. The Labute approximate surface area is 121 Å². The van der Waals surface area contributed by atoms with E-state index in [4.69, 9.17) is 0 Å². The van der Waals surface area contributed by atoms with E-state index < -0.39 is 10.0 Å². The fraction of sp³-hybridized carbons (Fsp3) is 0.250. The Kier molecular flexibility index (Phi) is 4.07. The second-order valence-corrected chi connectivity index (χ2v) is 7.18. The summed E-state index contributed by atoms with van der Waals surface area (Å²) >= 11 is 3.37. The fourth-order valence-electron chi connectivity index (χ4n) is 1.66. The third-order valence-corrected chi connectivity index (χ3v) is 4.83. The van der Waals surface area contributed by atoms with Gasteiger partial charge in [-0.25, -0.2) is 13.4 Å². The Hall–Kier alpha value is -1.18. The second kappa shape index (κ2) is 5.44. The minimum atomic E-state index is -3.54. The molecule has 0 aliphatic rings. The molecule has 2 rings (SSSR count). The van der Waals surface area contributed by atoms with Gasteiger partial charge < -0.3 is 4.57 Å². The molecule has 0 unspecified atom stereocenters. The number of nitrogens with zero attached hydrogens (tertiary/aromatic N) is 3. The smallest absolute Gasteiger partial charge is 0.262 e. The molecule has 0 N–H and O–H groups in total. The van der Waals surface area contributed by atoms with Crippen LogP contribution >= 0.6 is 15.9 Å². The summed E-state index contributed by atoms with van der Waals surface area (Å²) in [6, 6.07) is 7.55. The summed E-state index contributed by atoms with van der Waals surface area (Å²) in [5.41, 5.74) is 0.913. The van der Waals surface area contributed by atoms with Crippen LogP contribution in [0.2, 0.25) is 0 Å². The Morgan fingerprint density at radius 1 is 1.42 bits per heavy atom. The van der Waals surface area contributed by atoms with Crippen LogP contribution in [0.4, 0.5) is 0 Å². The molecule has 0 saturated heterocycles. The van der Waals surface area contributed by atoms with Crippen LogP contribution in [-0.4, -0.2) is 29.3 Å². The van der Waals surface area contributed by atoms with Gasteiger partial charge in [-0.15, -0.1) is 0 Å². The summed E-state index contributed by atoms with van der Waals surface area (Å²) in [7, 11) is -0.260. The Bertz CT molecular complexity index is 682. The van der Waals surface area contributed by atoms with E-state index in [2.05, 4.69) is 20.9 Å². The van der Waals surface area contributed by atoms with Crippen molar-refractivity contribution < 1.29 is 8.42 Å². The van der Waals surface area contributed by atoms with Crippen molar-refractivity contribution in [3.8, 4) is 0 Å². The van der Waals surface area contributed by atoms with Crippen molar-refractivity contribution in [2.75, 3.05) is 7.05 Å². The minimum absolute atomic E-state index is 0.0625. The number of hydrogen-bond acceptors (Lipinski definition) is 3. The number of halogens is 1. The highest BCUT2D eigenvalue weighted by molar-refractivity contribution is 9.10. The molecule has 0 atom stereocenters. The minimum Gasteiger partial charge on any atom is -0.339 e. The molecule has 0 radical (unpaired) electrons. The maximum Gasteiger partial charge on any atom is 0.262 e. The molecule has 0 amide bonds. The highest BCUT2D eigenvalue weighted by Gasteiger charge is 2.23. The topological polar surface area (TPSA) is 55.2 Å². The molecule has 0 aliphatic carbocycles. The van der Waals surface area contributed by atoms with Gasteiger partial charge in [-0.2, -0.15) is 4.31 Å². The molecule has 2 aromatic rings. The van der Waals surface area contributed by atoms with Crippen molar-refractivity contribution in [1.82, 2.24) is 13.9 Å². The van der Waals surface area contributed by atoms with E-state index >= 15 is 0 Å². The van der Waals surface area contributed by atoms with Crippen molar-refractivity contribution >= 4 is 26.0 Å². The molecule has 19 heavy (non-hydrogen) atoms. The first-order valence-electron chi connectivity index (χ1n) is 5.58. The van der Waals surface area contributed by atoms with Crippen LogP contribution < -0.4 is 0 Å². The molecule has 5 nitrogen and oxygen atoms in total. The molecule has 0 fully saturated rings. The number of rotatable bonds is 4. The fourth-order valence-corrected chi connectivity index (χ4v) is 3.22. The molecule has 0 spiro atoms. The van der Waals surface area contributed by atoms with Gasteiger partial charge in [0.1, 0.15) is 0 Å². The molecule has 0 bridgehead atoms. The third-order valence-electron chi connectivity index (χ3n) is 2.65. The Morgan fingerprint density at radius 3 is 2.74 bits per heavy atom. The van der Waals surface area contributed by atoms with Crippen LogP contribution in [0.25, 0.3) is 0 Å². The molecular formula is C12H14BrN3O2S. The van der Waals surface area contributed by atoms with Crippen LogP contribution in [0.3, 0.4) is 0 Å². The summed E-state index contributed by atoms with van der Waals surface area (Å²) in [5, 5.41) is 0.0625. The van der Waals surface area contributed by atoms with Crippen molar-refractivity contribution in [3.63, 3.8) is 0 Å². The summed E-state index contributed by atoms with van der Waals surface area (Å²) in [5.74, 6) is 0. The zero-order chi connectivity index (χ0) is 14.0. The third kappa shape index (κ3) is 3.23. The number of aryl methyl sites for hydroxylation is 1. The van der Waals surface area contributed by atoms with Gasteiger partial charge in [0.15, 0.2) is 5.03 Å². The molecule has 7 heteroatoms. The zero-order valence-corrected chi connectivity index (χ0v) is 13.0. The molecule has 1 heterocycles. The van der Waals surface area contributed by atoms with Crippen molar-refractivity contribution in [2.24, 2.45) is 7.05 Å². The van der Waals surface area contributed by atoms with Gasteiger partial charge in [-0.05, 0) is 17.7 Å². The molecular weight excluding hydrogens is 330 g/mol. The molecule has 1 aromatic heterocycles. The summed E-state index contributed by atoms with van der Waals surface area (Å²) in [4.78, 5) is 3.89. The maximum atomic E-state index is 12.3. The standard InChI is InChI=1S/C12H14BrN3O2S/c1-15-8-12(14-9-15)19(17,18)16(2)7-10-4-3-5-11(13)6-10/h3-6,8-9H,7H2,1-2H3. The van der Waals surface area contributed by atoms with Crippen molar-refractivity contribution in [3.05, 3.63) is 46.8 Å². The zero-order valence-electron chi connectivity index (χ0n) is 10.6. The van der Waals surface area contributed by atoms with Gasteiger partial charge in [0.2, 0.25) is 0 Å². The van der Waals surface area contributed by atoms with Gasteiger partial charge in [-0.1, -0.05) is 28.1 Å². The van der Waals surface area contributed by atoms with E-state index in [0.29, 0.717) is 6.54 Å². The molecule has 0 saturated carbocycles. The van der Waals surface area contributed by atoms with Crippen LogP contribution in [0.15, 0.2) is 46.3 Å². The van der Waals surface area contributed by atoms with Crippen LogP contribution in [0.5, 0.6) is 0 Å². The van der Waals surface area contributed by atoms with Crippen molar-refractivity contribution in [2.45, 2.75) is 11.6 Å². The monoisotopic (exact) mass is 343 g/mol. The van der Waals surface area contributed by atoms with Gasteiger partial charge in [0.25, 0.3) is 10.0 Å². The van der Waals surface area contributed by atoms with Gasteiger partial charge in [0.05, 0.1) is 6.33 Å². The Morgan fingerprint density at radius 2 is 2.16 bits per heavy atom. The summed E-state index contributed by atoms with van der Waals surface area (Å²) in [6.45, 7) is 0.304. The van der Waals surface area contributed by atoms with Crippen LogP contribution in [0.1, 0.15) is 5.56 Å². The van der Waals surface area contributed by atoms with E-state index in [9.17, 15) is 8.42 Å². The highest BCUT2D eigenvalue weighted by atomic mass is 79.9. The largest absolute Gasteiger partial charge is 0.339 e. The number of aromatic nitrogens is 2. The average Bonchev–Trinajstić information content (AvgIpc) is 2.76. The molecule has 102 valence electrons. The molecule has 0 aliphatic heterocycles. The lowest BCUT2D eigenvalue weighted by Gasteiger charge is -2.15. The van der Waals surface area contributed by atoms with Gasteiger partial charge in [-0.3, -0.25) is 0 Å². The first-order chi connectivity index (χ1) is 8.89. The second-order valence-electron chi connectivity index (χ2n) is 4.27. The van der Waals surface area contributed by atoms with E-state index in [1.54, 1.807) is 18.7 Å². The number of imidazole rings is 1. The lowest BCUT2D eigenvalue weighted by Crippen LogP contribution is -2.26. The van der Waals surface area contributed by atoms with E-state index in [-0.39, 0.29) is 5.03 Å². The van der Waals surface area contributed by atoms with Crippen LogP contribution in [0, 0.1) is 0 Å². The number of hydrogen-bond donors (Lipinski definition) is 0. The SMILES string of the molecule is CN(Cc1cccc(Br)c1)S(=O)(=O)c1cn(C)cn1.